The minimum atomic E-state index is -0.106. The van der Waals surface area contributed by atoms with Gasteiger partial charge in [0.25, 0.3) is 5.91 Å². The van der Waals surface area contributed by atoms with Crippen molar-refractivity contribution in [2.75, 3.05) is 53.6 Å². The number of unbranched alkanes of at least 4 members (excludes halogenated alkanes) is 22. The molecule has 1 heterocycles. The molecule has 1 fully saturated rings. The maximum absolute atomic E-state index is 13.3. The fourth-order valence-electron chi connectivity index (χ4n) is 7.46. The Bertz CT molecular complexity index is 925. The molecule has 0 aromatic heterocycles. The van der Waals surface area contributed by atoms with E-state index >= 15 is 0 Å². The van der Waals surface area contributed by atoms with E-state index in [1.165, 1.54) is 173 Å². The number of benzene rings is 1. The molecule has 1 aromatic carbocycles. The van der Waals surface area contributed by atoms with Gasteiger partial charge in [-0.2, -0.15) is 0 Å². The number of likely N-dealkylation sites (tertiary alicyclic amines) is 1. The van der Waals surface area contributed by atoms with Gasteiger partial charge in [0.1, 0.15) is 0 Å². The number of hydrogen-bond donors (Lipinski definition) is 1. The lowest BCUT2D eigenvalue weighted by Gasteiger charge is -2.37. The first-order valence-corrected chi connectivity index (χ1v) is 21.8. The van der Waals surface area contributed by atoms with Crippen LogP contribution >= 0.6 is 0 Å². The Morgan fingerprint density at radius 2 is 1.14 bits per heavy atom. The predicted octanol–water partition coefficient (Wildman–Crippen LogP) is 12.2. The SMILES string of the molecule is CCCCCCCCCCCCCCOCC(CNC(=O)c1cccc(C2CC[N+](C)(C)CC2)c1)OCCCCCCCCCCCCCC. The molecule has 290 valence electrons. The average Bonchev–Trinajstić information content (AvgIpc) is 3.12. The van der Waals surface area contributed by atoms with Crippen LogP contribution in [0.4, 0.5) is 0 Å². The Morgan fingerprint density at radius 3 is 1.64 bits per heavy atom. The van der Waals surface area contributed by atoms with Gasteiger partial charge in [-0.1, -0.05) is 167 Å². The molecule has 1 saturated heterocycles. The second kappa shape index (κ2) is 30.1. The van der Waals surface area contributed by atoms with Crippen molar-refractivity contribution in [2.45, 2.75) is 193 Å². The third kappa shape index (κ3) is 23.2. The van der Waals surface area contributed by atoms with Crippen molar-refractivity contribution in [3.8, 4) is 0 Å². The highest BCUT2D eigenvalue weighted by Gasteiger charge is 2.27. The molecule has 50 heavy (non-hydrogen) atoms. The van der Waals surface area contributed by atoms with Gasteiger partial charge in [-0.3, -0.25) is 4.79 Å². The number of rotatable bonds is 33. The largest absolute Gasteiger partial charge is 0.379 e. The van der Waals surface area contributed by atoms with E-state index in [9.17, 15) is 4.79 Å². The van der Waals surface area contributed by atoms with Crippen LogP contribution in [0.1, 0.15) is 203 Å². The molecular formula is C45H83N2O3+. The Hall–Kier alpha value is -1.43. The topological polar surface area (TPSA) is 47.6 Å². The van der Waals surface area contributed by atoms with E-state index in [1.807, 2.05) is 6.07 Å². The zero-order valence-electron chi connectivity index (χ0n) is 33.8. The number of nitrogens with one attached hydrogen (secondary N) is 1. The summed E-state index contributed by atoms with van der Waals surface area (Å²) >= 11 is 0. The van der Waals surface area contributed by atoms with Crippen LogP contribution in [0.2, 0.25) is 0 Å². The molecule has 1 atom stereocenters. The number of piperidine rings is 1. The van der Waals surface area contributed by atoms with Crippen LogP contribution in [-0.2, 0) is 9.47 Å². The summed E-state index contributed by atoms with van der Waals surface area (Å²) < 4.78 is 13.6. The van der Waals surface area contributed by atoms with Gasteiger partial charge >= 0.3 is 0 Å². The molecule has 5 heteroatoms. The number of carbonyl (C=O) groups excluding carboxylic acids is 1. The van der Waals surface area contributed by atoms with E-state index in [2.05, 4.69) is 51.5 Å². The van der Waals surface area contributed by atoms with Crippen molar-refractivity contribution < 1.29 is 18.8 Å². The lowest BCUT2D eigenvalue weighted by Crippen LogP contribution is -2.45. The molecule has 5 nitrogen and oxygen atoms in total. The first-order valence-electron chi connectivity index (χ1n) is 21.8. The third-order valence-corrected chi connectivity index (χ3v) is 11.1. The molecule has 1 unspecified atom stereocenters. The highest BCUT2D eigenvalue weighted by molar-refractivity contribution is 5.94. The maximum atomic E-state index is 13.3. The van der Waals surface area contributed by atoms with Gasteiger partial charge < -0.3 is 19.3 Å². The predicted molar refractivity (Wildman–Crippen MR) is 215 cm³/mol. The average molecular weight is 700 g/mol. The monoisotopic (exact) mass is 700 g/mol. The summed E-state index contributed by atoms with van der Waals surface area (Å²) in [7, 11) is 4.64. The van der Waals surface area contributed by atoms with E-state index in [0.717, 1.165) is 36.1 Å². The lowest BCUT2D eigenvalue weighted by molar-refractivity contribution is -0.895. The summed E-state index contributed by atoms with van der Waals surface area (Å²) in [6, 6.07) is 8.33. The van der Waals surface area contributed by atoms with Crippen LogP contribution in [0.5, 0.6) is 0 Å². The van der Waals surface area contributed by atoms with Crippen LogP contribution in [0.15, 0.2) is 24.3 Å². The highest BCUT2D eigenvalue weighted by Crippen LogP contribution is 2.30. The van der Waals surface area contributed by atoms with E-state index in [1.54, 1.807) is 0 Å². The van der Waals surface area contributed by atoms with Gasteiger partial charge in [-0.15, -0.1) is 0 Å². The van der Waals surface area contributed by atoms with E-state index in [0.29, 0.717) is 19.1 Å². The van der Waals surface area contributed by atoms with E-state index in [4.69, 9.17) is 9.47 Å². The van der Waals surface area contributed by atoms with Crippen molar-refractivity contribution in [1.29, 1.82) is 0 Å². The zero-order valence-corrected chi connectivity index (χ0v) is 33.8. The Kier molecular flexibility index (Phi) is 26.9. The van der Waals surface area contributed by atoms with Crippen LogP contribution in [0.25, 0.3) is 0 Å². The maximum Gasteiger partial charge on any atom is 0.251 e. The summed E-state index contributed by atoms with van der Waals surface area (Å²) in [5, 5.41) is 3.19. The quantitative estimate of drug-likeness (QED) is 0.0587. The Morgan fingerprint density at radius 1 is 0.680 bits per heavy atom. The first-order chi connectivity index (χ1) is 24.4. The molecule has 2 rings (SSSR count). The fraction of sp³-hybridized carbons (Fsp3) is 0.844. The van der Waals surface area contributed by atoms with Crippen molar-refractivity contribution >= 4 is 5.91 Å². The molecule has 0 radical (unpaired) electrons. The van der Waals surface area contributed by atoms with Crippen LogP contribution in [-0.4, -0.2) is 70.0 Å². The number of quaternary nitrogens is 1. The summed E-state index contributed by atoms with van der Waals surface area (Å²) in [6.45, 7) is 9.53. The highest BCUT2D eigenvalue weighted by atomic mass is 16.5. The summed E-state index contributed by atoms with van der Waals surface area (Å²) in [6.07, 6.45) is 34.5. The molecule has 1 aliphatic rings. The van der Waals surface area contributed by atoms with Crippen molar-refractivity contribution in [2.24, 2.45) is 0 Å². The van der Waals surface area contributed by atoms with E-state index < -0.39 is 0 Å². The standard InChI is InChI=1S/C45H82N2O3/c1-5-7-9-11-13-15-17-19-21-23-25-27-36-49-40-44(50-37-28-26-24-22-20-18-16-14-12-10-8-6-2)39-46-45(48)43-31-29-30-42(38-43)41-32-34-47(3,4)35-33-41/h29-31,38,41,44H,5-28,32-37,39-40H2,1-4H3/p+1. The number of nitrogens with zero attached hydrogens (tertiary/aromatic N) is 1. The lowest BCUT2D eigenvalue weighted by atomic mass is 9.88. The van der Waals surface area contributed by atoms with E-state index in [-0.39, 0.29) is 12.0 Å². The van der Waals surface area contributed by atoms with Crippen LogP contribution < -0.4 is 5.32 Å². The van der Waals surface area contributed by atoms with Crippen molar-refractivity contribution in [3.05, 3.63) is 35.4 Å². The van der Waals surface area contributed by atoms with Gasteiger partial charge in [0.05, 0.1) is 39.9 Å². The van der Waals surface area contributed by atoms with Gasteiger partial charge in [0.15, 0.2) is 0 Å². The number of hydrogen-bond acceptors (Lipinski definition) is 3. The second-order valence-corrected chi connectivity index (χ2v) is 16.3. The molecule has 0 saturated carbocycles. The first kappa shape index (κ1) is 44.7. The summed E-state index contributed by atoms with van der Waals surface area (Å²) in [5.74, 6) is 0.549. The third-order valence-electron chi connectivity index (χ3n) is 11.1. The zero-order chi connectivity index (χ0) is 36.0. The normalized spacial score (nSPS) is 15.4. The van der Waals surface area contributed by atoms with Crippen LogP contribution in [0.3, 0.4) is 0 Å². The van der Waals surface area contributed by atoms with Crippen molar-refractivity contribution in [3.63, 3.8) is 0 Å². The number of carbonyl (C=O) groups is 1. The fourth-order valence-corrected chi connectivity index (χ4v) is 7.46. The Labute approximate surface area is 311 Å². The minimum Gasteiger partial charge on any atom is -0.379 e. The summed E-state index contributed by atoms with van der Waals surface area (Å²) in [5.41, 5.74) is 2.07. The van der Waals surface area contributed by atoms with Gasteiger partial charge in [0.2, 0.25) is 0 Å². The molecule has 0 spiro atoms. The molecule has 1 aliphatic heterocycles. The molecule has 1 aromatic rings. The molecule has 0 bridgehead atoms. The van der Waals surface area contributed by atoms with Crippen molar-refractivity contribution in [1.82, 2.24) is 5.32 Å². The molecule has 0 aliphatic carbocycles. The van der Waals surface area contributed by atoms with Crippen LogP contribution in [0, 0.1) is 0 Å². The second-order valence-electron chi connectivity index (χ2n) is 16.3. The van der Waals surface area contributed by atoms with Gasteiger partial charge in [-0.05, 0) is 36.5 Å². The number of amides is 1. The van der Waals surface area contributed by atoms with Gasteiger partial charge in [-0.25, -0.2) is 0 Å². The number of ether oxygens (including phenoxy) is 2. The minimum absolute atomic E-state index is 0.00121. The van der Waals surface area contributed by atoms with Gasteiger partial charge in [0, 0.05) is 38.2 Å². The molecule has 1 amide bonds. The Balaban J connectivity index is 1.67. The summed E-state index contributed by atoms with van der Waals surface area (Å²) in [4.78, 5) is 13.3. The smallest absolute Gasteiger partial charge is 0.251 e. The molecular weight excluding hydrogens is 617 g/mol. The molecule has 1 N–H and O–H groups in total.